The number of hydrogen-bond donors (Lipinski definition) is 0. The first kappa shape index (κ1) is 20.6. The molecule has 0 amide bonds. The van der Waals surface area contributed by atoms with E-state index in [1.165, 1.54) is 33.4 Å². The second-order valence-electron chi connectivity index (χ2n) is 7.46. The van der Waals surface area contributed by atoms with E-state index < -0.39 is 0 Å². The lowest BCUT2D eigenvalue weighted by atomic mass is 9.93. The number of benzene rings is 4. The highest BCUT2D eigenvalue weighted by atomic mass is 14.1. The first-order valence-electron chi connectivity index (χ1n) is 10.4. The standard InChI is InChI=1S/C15H16.C14H14/c1-3-13-6-10-15(11-7-13)14-8-4-12(2)5-9-14;1-12(13-8-4-2-5-9-13)14-10-6-3-7-11-14/h4-11H,3H2,1-2H3;2-12H,1H3. The fourth-order valence-corrected chi connectivity index (χ4v) is 3.35. The van der Waals surface area contributed by atoms with Gasteiger partial charge in [-0.2, -0.15) is 0 Å². The normalized spacial score (nSPS) is 10.3. The van der Waals surface area contributed by atoms with Crippen LogP contribution >= 0.6 is 0 Å². The predicted molar refractivity (Wildman–Crippen MR) is 126 cm³/mol. The summed E-state index contributed by atoms with van der Waals surface area (Å²) in [4.78, 5) is 0. The minimum Gasteiger partial charge on any atom is -0.0622 e. The molecule has 0 saturated heterocycles. The van der Waals surface area contributed by atoms with E-state index in [1.807, 2.05) is 0 Å². The van der Waals surface area contributed by atoms with E-state index >= 15 is 0 Å². The van der Waals surface area contributed by atoms with Crippen LogP contribution in [0.1, 0.15) is 42.0 Å². The van der Waals surface area contributed by atoms with Crippen molar-refractivity contribution in [3.8, 4) is 11.1 Å². The van der Waals surface area contributed by atoms with Crippen molar-refractivity contribution in [2.24, 2.45) is 0 Å². The number of aryl methyl sites for hydroxylation is 2. The highest BCUT2D eigenvalue weighted by Gasteiger charge is 2.05. The van der Waals surface area contributed by atoms with E-state index in [1.54, 1.807) is 0 Å². The van der Waals surface area contributed by atoms with Gasteiger partial charge in [-0.1, -0.05) is 129 Å². The molecule has 0 aliphatic heterocycles. The molecule has 4 aromatic carbocycles. The predicted octanol–water partition coefficient (Wildman–Crippen LogP) is 8.06. The first-order chi connectivity index (χ1) is 14.2. The van der Waals surface area contributed by atoms with Crippen LogP contribution in [0, 0.1) is 6.92 Å². The van der Waals surface area contributed by atoms with Crippen molar-refractivity contribution in [1.82, 2.24) is 0 Å². The average Bonchev–Trinajstić information content (AvgIpc) is 2.81. The molecule has 0 aromatic heterocycles. The van der Waals surface area contributed by atoms with Gasteiger partial charge in [0, 0.05) is 5.92 Å². The molecule has 0 nitrogen and oxygen atoms in total. The molecule has 0 bridgehead atoms. The molecule has 0 heterocycles. The maximum absolute atomic E-state index is 2.24. The summed E-state index contributed by atoms with van der Waals surface area (Å²) in [6.07, 6.45) is 1.11. The van der Waals surface area contributed by atoms with Crippen LogP contribution in [0.15, 0.2) is 109 Å². The fourth-order valence-electron chi connectivity index (χ4n) is 3.35. The molecule has 0 spiro atoms. The van der Waals surface area contributed by atoms with Gasteiger partial charge in [0.1, 0.15) is 0 Å². The summed E-state index contributed by atoms with van der Waals surface area (Å²) in [6.45, 7) is 6.54. The molecule has 146 valence electrons. The molecule has 29 heavy (non-hydrogen) atoms. The zero-order chi connectivity index (χ0) is 20.5. The van der Waals surface area contributed by atoms with Crippen LogP contribution in [0.3, 0.4) is 0 Å². The van der Waals surface area contributed by atoms with Crippen LogP contribution in [0.25, 0.3) is 11.1 Å². The van der Waals surface area contributed by atoms with Crippen LogP contribution in [0.5, 0.6) is 0 Å². The minimum atomic E-state index is 0.484. The molecule has 0 radical (unpaired) electrons. The molecule has 0 saturated carbocycles. The Hall–Kier alpha value is -3.12. The highest BCUT2D eigenvalue weighted by molar-refractivity contribution is 5.63. The third-order valence-electron chi connectivity index (χ3n) is 5.35. The second-order valence-corrected chi connectivity index (χ2v) is 7.46. The zero-order valence-electron chi connectivity index (χ0n) is 17.7. The van der Waals surface area contributed by atoms with Gasteiger partial charge < -0.3 is 0 Å². The molecule has 0 aliphatic carbocycles. The summed E-state index contributed by atoms with van der Waals surface area (Å²) in [5.74, 6) is 0.484. The molecule has 4 rings (SSSR count). The van der Waals surface area contributed by atoms with Gasteiger partial charge >= 0.3 is 0 Å². The molecule has 0 fully saturated rings. The van der Waals surface area contributed by atoms with Crippen molar-refractivity contribution in [2.45, 2.75) is 33.1 Å². The van der Waals surface area contributed by atoms with Gasteiger partial charge in [0.25, 0.3) is 0 Å². The zero-order valence-corrected chi connectivity index (χ0v) is 17.7. The van der Waals surface area contributed by atoms with Crippen molar-refractivity contribution in [3.63, 3.8) is 0 Å². The summed E-state index contributed by atoms with van der Waals surface area (Å²) in [5, 5.41) is 0. The van der Waals surface area contributed by atoms with Gasteiger partial charge in [0.05, 0.1) is 0 Å². The third kappa shape index (κ3) is 5.93. The Morgan fingerprint density at radius 1 is 0.552 bits per heavy atom. The van der Waals surface area contributed by atoms with Crippen molar-refractivity contribution in [3.05, 3.63) is 131 Å². The van der Waals surface area contributed by atoms with Gasteiger partial charge in [-0.15, -0.1) is 0 Å². The lowest BCUT2D eigenvalue weighted by Gasteiger charge is -2.11. The van der Waals surface area contributed by atoms with Gasteiger partial charge in [-0.05, 0) is 41.2 Å². The van der Waals surface area contributed by atoms with Crippen LogP contribution in [-0.4, -0.2) is 0 Å². The SMILES string of the molecule is CC(c1ccccc1)c1ccccc1.CCc1ccc(-c2ccc(C)cc2)cc1. The first-order valence-corrected chi connectivity index (χ1v) is 10.4. The Labute approximate surface area is 175 Å². The molecular formula is C29H30. The van der Waals surface area contributed by atoms with Crippen molar-refractivity contribution in [2.75, 3.05) is 0 Å². The van der Waals surface area contributed by atoms with E-state index in [9.17, 15) is 0 Å². The molecular weight excluding hydrogens is 348 g/mol. The fraction of sp³-hybridized carbons (Fsp3) is 0.172. The van der Waals surface area contributed by atoms with Crippen LogP contribution in [0.4, 0.5) is 0 Å². The van der Waals surface area contributed by atoms with Crippen molar-refractivity contribution in [1.29, 1.82) is 0 Å². The Morgan fingerprint density at radius 2 is 0.966 bits per heavy atom. The summed E-state index contributed by atoms with van der Waals surface area (Å²) in [7, 11) is 0. The van der Waals surface area contributed by atoms with Crippen LogP contribution in [-0.2, 0) is 6.42 Å². The Morgan fingerprint density at radius 3 is 1.38 bits per heavy atom. The lowest BCUT2D eigenvalue weighted by molar-refractivity contribution is 0.922. The molecule has 0 heteroatoms. The smallest absolute Gasteiger partial charge is 0.00610 e. The maximum atomic E-state index is 2.24. The van der Waals surface area contributed by atoms with Crippen molar-refractivity contribution < 1.29 is 0 Å². The van der Waals surface area contributed by atoms with Gasteiger partial charge in [-0.3, -0.25) is 0 Å². The largest absolute Gasteiger partial charge is 0.0622 e. The Bertz CT molecular complexity index is 926. The van der Waals surface area contributed by atoms with Crippen LogP contribution < -0.4 is 0 Å². The van der Waals surface area contributed by atoms with E-state index in [-0.39, 0.29) is 0 Å². The molecule has 0 N–H and O–H groups in total. The highest BCUT2D eigenvalue weighted by Crippen LogP contribution is 2.23. The third-order valence-corrected chi connectivity index (χ3v) is 5.35. The quantitative estimate of drug-likeness (QED) is 0.337. The molecule has 0 unspecified atom stereocenters. The van der Waals surface area contributed by atoms with E-state index in [0.717, 1.165) is 6.42 Å². The van der Waals surface area contributed by atoms with E-state index in [0.29, 0.717) is 5.92 Å². The molecule has 0 atom stereocenters. The molecule has 4 aromatic rings. The van der Waals surface area contributed by atoms with Crippen molar-refractivity contribution >= 4 is 0 Å². The summed E-state index contributed by atoms with van der Waals surface area (Å²) < 4.78 is 0. The Balaban J connectivity index is 0.000000166. The minimum absolute atomic E-state index is 0.484. The van der Waals surface area contributed by atoms with E-state index in [4.69, 9.17) is 0 Å². The average molecular weight is 379 g/mol. The maximum Gasteiger partial charge on any atom is 0.00610 e. The second kappa shape index (κ2) is 10.4. The summed E-state index contributed by atoms with van der Waals surface area (Å²) in [5.41, 5.74) is 8.04. The topological polar surface area (TPSA) is 0 Å². The van der Waals surface area contributed by atoms with Gasteiger partial charge in [0.15, 0.2) is 0 Å². The Kier molecular flexibility index (Phi) is 7.41. The van der Waals surface area contributed by atoms with E-state index in [2.05, 4.69) is 130 Å². The molecule has 0 aliphatic rings. The lowest BCUT2D eigenvalue weighted by Crippen LogP contribution is -1.94. The number of hydrogen-bond acceptors (Lipinski definition) is 0. The summed E-state index contributed by atoms with van der Waals surface area (Å²) in [6, 6.07) is 38.7. The summed E-state index contributed by atoms with van der Waals surface area (Å²) >= 11 is 0. The van der Waals surface area contributed by atoms with Crippen LogP contribution in [0.2, 0.25) is 0 Å². The monoisotopic (exact) mass is 378 g/mol. The number of rotatable bonds is 4. The van der Waals surface area contributed by atoms with Gasteiger partial charge in [-0.25, -0.2) is 0 Å². The van der Waals surface area contributed by atoms with Gasteiger partial charge in [0.2, 0.25) is 0 Å².